The number of rotatable bonds is 2. The molecule has 0 spiro atoms. The molecular weight excluding hydrogens is 244 g/mol. The van der Waals surface area contributed by atoms with Crippen LogP contribution in [0.3, 0.4) is 0 Å². The summed E-state index contributed by atoms with van der Waals surface area (Å²) in [6.45, 7) is 3.69. The van der Waals surface area contributed by atoms with Crippen molar-refractivity contribution in [2.75, 3.05) is 32.1 Å². The second kappa shape index (κ2) is 5.87. The average Bonchev–Trinajstić information content (AvgIpc) is 2.49. The predicted molar refractivity (Wildman–Crippen MR) is 75.4 cm³/mol. The fourth-order valence-electron chi connectivity index (χ4n) is 2.44. The second-order valence-corrected chi connectivity index (χ2v) is 5.87. The number of benzene rings is 1. The molecule has 0 radical (unpaired) electrons. The number of nitrogens with zero attached hydrogens (tertiary/aromatic N) is 1. The third kappa shape index (κ3) is 2.76. The number of ether oxygens (including phenoxy) is 1. The average molecular weight is 263 g/mol. The zero-order valence-corrected chi connectivity index (χ0v) is 11.2. The summed E-state index contributed by atoms with van der Waals surface area (Å²) in [6, 6.07) is 11.2. The van der Waals surface area contributed by atoms with E-state index in [1.165, 1.54) is 5.56 Å². The molecule has 96 valence electrons. The van der Waals surface area contributed by atoms with Crippen LogP contribution >= 0.6 is 11.8 Å². The Bertz CT molecular complexity index is 413. The molecule has 1 aromatic carbocycles. The minimum Gasteiger partial charge on any atom is -0.365 e. The normalized spacial score (nSPS) is 28.8. The molecule has 4 heteroatoms. The van der Waals surface area contributed by atoms with Gasteiger partial charge in [0.05, 0.1) is 6.54 Å². The summed E-state index contributed by atoms with van der Waals surface area (Å²) in [5, 5.41) is 4.22. The molecule has 1 aromatic rings. The van der Waals surface area contributed by atoms with E-state index in [2.05, 4.69) is 46.4 Å². The van der Waals surface area contributed by atoms with Gasteiger partial charge < -0.3 is 10.1 Å². The Labute approximate surface area is 112 Å². The lowest BCUT2D eigenvalue weighted by Crippen LogP contribution is -2.44. The highest BCUT2D eigenvalue weighted by Gasteiger charge is 2.29. The molecule has 0 aliphatic carbocycles. The minimum atomic E-state index is 0.494. The Morgan fingerprint density at radius 2 is 2.17 bits per heavy atom. The van der Waals surface area contributed by atoms with E-state index in [0.717, 1.165) is 32.1 Å². The SMILES string of the molecule is C1=[N+](C2CNC(c3ccccc3)CS2)CCOC1. The van der Waals surface area contributed by atoms with Crippen LogP contribution in [0.2, 0.25) is 0 Å². The number of nitrogens with one attached hydrogen (secondary N) is 1. The van der Waals surface area contributed by atoms with Crippen LogP contribution in [0.4, 0.5) is 0 Å². The fraction of sp³-hybridized carbons (Fsp3) is 0.500. The summed E-state index contributed by atoms with van der Waals surface area (Å²) in [6.07, 6.45) is 2.19. The van der Waals surface area contributed by atoms with Gasteiger partial charge >= 0.3 is 0 Å². The Balaban J connectivity index is 1.59. The van der Waals surface area contributed by atoms with Crippen LogP contribution in [0.5, 0.6) is 0 Å². The van der Waals surface area contributed by atoms with Gasteiger partial charge in [-0.3, -0.25) is 0 Å². The van der Waals surface area contributed by atoms with Crippen molar-refractivity contribution in [1.82, 2.24) is 5.32 Å². The van der Waals surface area contributed by atoms with Gasteiger partial charge in [0.25, 0.3) is 0 Å². The highest BCUT2D eigenvalue weighted by Crippen LogP contribution is 2.26. The summed E-state index contributed by atoms with van der Waals surface area (Å²) in [5.41, 5.74) is 1.40. The van der Waals surface area contributed by atoms with Gasteiger partial charge in [-0.2, -0.15) is 0 Å². The van der Waals surface area contributed by atoms with Gasteiger partial charge in [0.15, 0.2) is 12.8 Å². The summed E-state index contributed by atoms with van der Waals surface area (Å²) < 4.78 is 7.77. The summed E-state index contributed by atoms with van der Waals surface area (Å²) in [4.78, 5) is 0. The maximum Gasteiger partial charge on any atom is 0.211 e. The van der Waals surface area contributed by atoms with Crippen LogP contribution in [0.15, 0.2) is 30.3 Å². The van der Waals surface area contributed by atoms with E-state index < -0.39 is 0 Å². The van der Waals surface area contributed by atoms with Crippen molar-refractivity contribution in [1.29, 1.82) is 0 Å². The lowest BCUT2D eigenvalue weighted by Gasteiger charge is -2.28. The molecule has 0 amide bonds. The minimum absolute atomic E-state index is 0.494. The Morgan fingerprint density at radius 1 is 1.28 bits per heavy atom. The van der Waals surface area contributed by atoms with Gasteiger partial charge in [0, 0.05) is 11.8 Å². The van der Waals surface area contributed by atoms with Crippen molar-refractivity contribution < 1.29 is 9.31 Å². The number of hydrogen-bond acceptors (Lipinski definition) is 3. The van der Waals surface area contributed by atoms with Gasteiger partial charge in [0.1, 0.15) is 13.2 Å². The predicted octanol–water partition coefficient (Wildman–Crippen LogP) is 1.50. The quantitative estimate of drug-likeness (QED) is 0.818. The first-order valence-electron chi connectivity index (χ1n) is 6.50. The molecule has 0 aromatic heterocycles. The standard InChI is InChI=1S/C14H19N2OS/c1-2-4-12(5-3-1)13-11-18-14(10-15-13)16-6-8-17-9-7-16/h1-6,13-15H,7-11H2/q+1. The molecule has 3 nitrogen and oxygen atoms in total. The number of thioether (sulfide) groups is 1. The second-order valence-electron chi connectivity index (χ2n) is 4.65. The molecule has 18 heavy (non-hydrogen) atoms. The van der Waals surface area contributed by atoms with E-state index in [4.69, 9.17) is 4.74 Å². The topological polar surface area (TPSA) is 24.3 Å². The van der Waals surface area contributed by atoms with Crippen molar-refractivity contribution in [2.24, 2.45) is 0 Å². The molecule has 2 aliphatic rings. The number of hydrogen-bond donors (Lipinski definition) is 1. The van der Waals surface area contributed by atoms with E-state index in [9.17, 15) is 0 Å². The van der Waals surface area contributed by atoms with E-state index >= 15 is 0 Å². The molecule has 2 unspecified atom stereocenters. The summed E-state index contributed by atoms with van der Waals surface area (Å²) in [7, 11) is 0. The zero-order valence-electron chi connectivity index (χ0n) is 10.4. The van der Waals surface area contributed by atoms with Crippen LogP contribution in [0.25, 0.3) is 0 Å². The van der Waals surface area contributed by atoms with Crippen molar-refractivity contribution in [3.05, 3.63) is 35.9 Å². The molecule has 0 bridgehead atoms. The molecule has 2 heterocycles. The van der Waals surface area contributed by atoms with Crippen LogP contribution in [0.1, 0.15) is 11.6 Å². The third-order valence-corrected chi connectivity index (χ3v) is 4.83. The largest absolute Gasteiger partial charge is 0.365 e. The molecular formula is C14H19N2OS+. The first kappa shape index (κ1) is 12.2. The highest BCUT2D eigenvalue weighted by molar-refractivity contribution is 7.99. The highest BCUT2D eigenvalue weighted by atomic mass is 32.2. The molecule has 2 atom stereocenters. The first-order valence-corrected chi connectivity index (χ1v) is 7.55. The first-order chi connectivity index (χ1) is 8.93. The van der Waals surface area contributed by atoms with Gasteiger partial charge in [-0.25, -0.2) is 4.58 Å². The van der Waals surface area contributed by atoms with Gasteiger partial charge in [-0.15, -0.1) is 0 Å². The van der Waals surface area contributed by atoms with Crippen molar-refractivity contribution in [3.8, 4) is 0 Å². The maximum atomic E-state index is 5.35. The van der Waals surface area contributed by atoms with Crippen LogP contribution in [-0.4, -0.2) is 48.2 Å². The third-order valence-electron chi connectivity index (χ3n) is 3.49. The summed E-state index contributed by atoms with van der Waals surface area (Å²) in [5.74, 6) is 1.14. The molecule has 2 aliphatic heterocycles. The van der Waals surface area contributed by atoms with Gasteiger partial charge in [0.2, 0.25) is 5.37 Å². The monoisotopic (exact) mass is 263 g/mol. The molecule has 1 saturated heterocycles. The van der Waals surface area contributed by atoms with Crippen LogP contribution in [-0.2, 0) is 4.74 Å². The van der Waals surface area contributed by atoms with Crippen molar-refractivity contribution in [2.45, 2.75) is 11.4 Å². The van der Waals surface area contributed by atoms with Gasteiger partial charge in [-0.1, -0.05) is 42.1 Å². The molecule has 1 N–H and O–H groups in total. The zero-order chi connectivity index (χ0) is 12.2. The molecule has 3 rings (SSSR count). The fourth-order valence-corrected chi connectivity index (χ4v) is 3.76. The lowest BCUT2D eigenvalue weighted by molar-refractivity contribution is -0.546. The van der Waals surface area contributed by atoms with Crippen LogP contribution in [0, 0.1) is 0 Å². The van der Waals surface area contributed by atoms with E-state index in [1.54, 1.807) is 0 Å². The maximum absolute atomic E-state index is 5.35. The Morgan fingerprint density at radius 3 is 2.83 bits per heavy atom. The lowest BCUT2D eigenvalue weighted by atomic mass is 10.1. The van der Waals surface area contributed by atoms with Crippen molar-refractivity contribution >= 4 is 18.0 Å². The Kier molecular flexibility index (Phi) is 3.98. The van der Waals surface area contributed by atoms with E-state index in [0.29, 0.717) is 11.4 Å². The van der Waals surface area contributed by atoms with E-state index in [1.807, 2.05) is 11.8 Å². The van der Waals surface area contributed by atoms with Crippen LogP contribution < -0.4 is 5.32 Å². The smallest absolute Gasteiger partial charge is 0.211 e. The Hall–Kier alpha value is -0.840. The summed E-state index contributed by atoms with van der Waals surface area (Å²) >= 11 is 2.05. The molecule has 1 fully saturated rings. The van der Waals surface area contributed by atoms with Crippen molar-refractivity contribution in [3.63, 3.8) is 0 Å². The molecule has 0 saturated carbocycles. The van der Waals surface area contributed by atoms with Gasteiger partial charge in [-0.05, 0) is 5.56 Å². The van der Waals surface area contributed by atoms with E-state index in [-0.39, 0.29) is 0 Å².